The highest BCUT2D eigenvalue weighted by Crippen LogP contribution is 2.18. The molecule has 0 aromatic heterocycles. The molecule has 0 saturated carbocycles. The standard InChI is InChI=1S/C17H19BrN2O/c1-12-2-7-16(18)15(10-12)17(21)20-11-14-5-3-13(4-6-14)8-9-19/h2-7,10H,8-9,11,19H2,1H3,(H,20,21). The first kappa shape index (κ1) is 15.7. The van der Waals surface area contributed by atoms with E-state index in [1.165, 1.54) is 5.56 Å². The van der Waals surface area contributed by atoms with E-state index in [9.17, 15) is 4.79 Å². The normalized spacial score (nSPS) is 10.4. The Morgan fingerprint density at radius 3 is 2.48 bits per heavy atom. The molecule has 4 heteroatoms. The molecule has 0 radical (unpaired) electrons. The zero-order valence-electron chi connectivity index (χ0n) is 12.0. The highest BCUT2D eigenvalue weighted by atomic mass is 79.9. The van der Waals surface area contributed by atoms with Gasteiger partial charge in [-0.25, -0.2) is 0 Å². The number of carbonyl (C=O) groups excluding carboxylic acids is 1. The van der Waals surface area contributed by atoms with Crippen molar-refractivity contribution >= 4 is 21.8 Å². The third-order valence-electron chi connectivity index (χ3n) is 3.28. The van der Waals surface area contributed by atoms with E-state index in [4.69, 9.17) is 5.73 Å². The monoisotopic (exact) mass is 346 g/mol. The third kappa shape index (κ3) is 4.41. The largest absolute Gasteiger partial charge is 0.348 e. The summed E-state index contributed by atoms with van der Waals surface area (Å²) in [7, 11) is 0. The van der Waals surface area contributed by atoms with Gasteiger partial charge in [0.15, 0.2) is 0 Å². The van der Waals surface area contributed by atoms with Crippen LogP contribution in [0.4, 0.5) is 0 Å². The number of nitrogens with two attached hydrogens (primary N) is 1. The van der Waals surface area contributed by atoms with Crippen LogP contribution < -0.4 is 11.1 Å². The van der Waals surface area contributed by atoms with Gasteiger partial charge in [-0.3, -0.25) is 4.79 Å². The van der Waals surface area contributed by atoms with Gasteiger partial charge in [-0.1, -0.05) is 35.9 Å². The highest BCUT2D eigenvalue weighted by Gasteiger charge is 2.09. The van der Waals surface area contributed by atoms with Gasteiger partial charge in [0.25, 0.3) is 5.91 Å². The Bertz CT molecular complexity index is 623. The fraction of sp³-hybridized carbons (Fsp3) is 0.235. The lowest BCUT2D eigenvalue weighted by molar-refractivity contribution is 0.0950. The van der Waals surface area contributed by atoms with Crippen LogP contribution in [0.3, 0.4) is 0 Å². The molecule has 0 bridgehead atoms. The summed E-state index contributed by atoms with van der Waals surface area (Å²) in [5.41, 5.74) is 9.55. The van der Waals surface area contributed by atoms with Gasteiger partial charge in [-0.05, 0) is 59.1 Å². The summed E-state index contributed by atoms with van der Waals surface area (Å²) < 4.78 is 0.809. The van der Waals surface area contributed by atoms with E-state index in [0.717, 1.165) is 22.0 Å². The number of hydrogen-bond donors (Lipinski definition) is 2. The van der Waals surface area contributed by atoms with Crippen LogP contribution in [0.15, 0.2) is 46.9 Å². The van der Waals surface area contributed by atoms with E-state index in [1.54, 1.807) is 0 Å². The van der Waals surface area contributed by atoms with E-state index < -0.39 is 0 Å². The molecule has 0 unspecified atom stereocenters. The summed E-state index contributed by atoms with van der Waals surface area (Å²) >= 11 is 3.41. The number of carbonyl (C=O) groups is 1. The van der Waals surface area contributed by atoms with Crippen molar-refractivity contribution in [2.75, 3.05) is 6.54 Å². The SMILES string of the molecule is Cc1ccc(Br)c(C(=O)NCc2ccc(CCN)cc2)c1. The van der Waals surface area contributed by atoms with Crippen LogP contribution in [0, 0.1) is 6.92 Å². The topological polar surface area (TPSA) is 55.1 Å². The number of halogens is 1. The molecule has 0 aliphatic heterocycles. The Kier molecular flexibility index (Phi) is 5.53. The molecule has 0 fully saturated rings. The van der Waals surface area contributed by atoms with Crippen LogP contribution >= 0.6 is 15.9 Å². The van der Waals surface area contributed by atoms with Crippen molar-refractivity contribution in [3.8, 4) is 0 Å². The van der Waals surface area contributed by atoms with E-state index in [-0.39, 0.29) is 5.91 Å². The minimum atomic E-state index is -0.0726. The fourth-order valence-corrected chi connectivity index (χ4v) is 2.51. The Morgan fingerprint density at radius 1 is 1.14 bits per heavy atom. The lowest BCUT2D eigenvalue weighted by Gasteiger charge is -2.08. The zero-order valence-corrected chi connectivity index (χ0v) is 13.6. The van der Waals surface area contributed by atoms with Crippen molar-refractivity contribution in [3.63, 3.8) is 0 Å². The average molecular weight is 347 g/mol. The van der Waals surface area contributed by atoms with E-state index in [1.807, 2.05) is 37.3 Å². The van der Waals surface area contributed by atoms with Crippen molar-refractivity contribution in [1.82, 2.24) is 5.32 Å². The average Bonchev–Trinajstić information content (AvgIpc) is 2.49. The molecule has 2 rings (SSSR count). The molecular formula is C17H19BrN2O. The molecule has 0 spiro atoms. The maximum absolute atomic E-state index is 12.2. The molecule has 1 amide bonds. The van der Waals surface area contributed by atoms with Crippen LogP contribution in [0.25, 0.3) is 0 Å². The van der Waals surface area contributed by atoms with Crippen molar-refractivity contribution in [3.05, 3.63) is 69.2 Å². The van der Waals surface area contributed by atoms with Crippen molar-refractivity contribution in [2.45, 2.75) is 19.9 Å². The van der Waals surface area contributed by atoms with Crippen LogP contribution in [-0.2, 0) is 13.0 Å². The maximum atomic E-state index is 12.2. The second kappa shape index (κ2) is 7.38. The molecule has 110 valence electrons. The fourth-order valence-electron chi connectivity index (χ4n) is 2.08. The molecular weight excluding hydrogens is 328 g/mol. The van der Waals surface area contributed by atoms with Crippen LogP contribution in [0.5, 0.6) is 0 Å². The molecule has 21 heavy (non-hydrogen) atoms. The lowest BCUT2D eigenvalue weighted by Crippen LogP contribution is -2.23. The first-order chi connectivity index (χ1) is 10.1. The first-order valence-electron chi connectivity index (χ1n) is 6.92. The van der Waals surface area contributed by atoms with Crippen molar-refractivity contribution < 1.29 is 4.79 Å². The Balaban J connectivity index is 1.99. The molecule has 3 nitrogen and oxygen atoms in total. The number of nitrogens with one attached hydrogen (secondary N) is 1. The summed E-state index contributed by atoms with van der Waals surface area (Å²) in [6.45, 7) is 3.14. The van der Waals surface area contributed by atoms with Gasteiger partial charge in [0.1, 0.15) is 0 Å². The predicted octanol–water partition coefficient (Wildman–Crippen LogP) is 3.19. The number of hydrogen-bond acceptors (Lipinski definition) is 2. The van der Waals surface area contributed by atoms with Gasteiger partial charge in [0.2, 0.25) is 0 Å². The second-order valence-corrected chi connectivity index (χ2v) is 5.88. The lowest BCUT2D eigenvalue weighted by atomic mass is 10.1. The summed E-state index contributed by atoms with van der Waals surface area (Å²) in [4.78, 5) is 12.2. The molecule has 3 N–H and O–H groups in total. The van der Waals surface area contributed by atoms with Crippen LogP contribution in [-0.4, -0.2) is 12.5 Å². The molecule has 0 saturated heterocycles. The van der Waals surface area contributed by atoms with E-state index in [0.29, 0.717) is 18.7 Å². The molecule has 2 aromatic carbocycles. The summed E-state index contributed by atoms with van der Waals surface area (Å²) in [5.74, 6) is -0.0726. The molecule has 0 heterocycles. The molecule has 0 atom stereocenters. The zero-order chi connectivity index (χ0) is 15.2. The summed E-state index contributed by atoms with van der Waals surface area (Å²) in [6, 6.07) is 13.9. The Labute approximate surface area is 133 Å². The van der Waals surface area contributed by atoms with Gasteiger partial charge in [0, 0.05) is 11.0 Å². The van der Waals surface area contributed by atoms with Gasteiger partial charge < -0.3 is 11.1 Å². The minimum Gasteiger partial charge on any atom is -0.348 e. The molecule has 0 aliphatic carbocycles. The Morgan fingerprint density at radius 2 is 1.81 bits per heavy atom. The minimum absolute atomic E-state index is 0.0726. The number of amides is 1. The highest BCUT2D eigenvalue weighted by molar-refractivity contribution is 9.10. The van der Waals surface area contributed by atoms with Gasteiger partial charge >= 0.3 is 0 Å². The van der Waals surface area contributed by atoms with Crippen molar-refractivity contribution in [2.24, 2.45) is 5.73 Å². The van der Waals surface area contributed by atoms with Gasteiger partial charge in [-0.2, -0.15) is 0 Å². The van der Waals surface area contributed by atoms with Crippen LogP contribution in [0.1, 0.15) is 27.0 Å². The number of rotatable bonds is 5. The number of benzene rings is 2. The first-order valence-corrected chi connectivity index (χ1v) is 7.71. The predicted molar refractivity (Wildman–Crippen MR) is 89.2 cm³/mol. The van der Waals surface area contributed by atoms with E-state index in [2.05, 4.69) is 33.4 Å². The Hall–Kier alpha value is -1.65. The second-order valence-electron chi connectivity index (χ2n) is 5.02. The molecule has 0 aliphatic rings. The maximum Gasteiger partial charge on any atom is 0.252 e. The summed E-state index contributed by atoms with van der Waals surface area (Å²) in [5, 5.41) is 2.94. The quantitative estimate of drug-likeness (QED) is 0.873. The third-order valence-corrected chi connectivity index (χ3v) is 3.97. The van der Waals surface area contributed by atoms with Crippen LogP contribution in [0.2, 0.25) is 0 Å². The van der Waals surface area contributed by atoms with E-state index >= 15 is 0 Å². The van der Waals surface area contributed by atoms with Gasteiger partial charge in [0.05, 0.1) is 5.56 Å². The van der Waals surface area contributed by atoms with Crippen molar-refractivity contribution in [1.29, 1.82) is 0 Å². The number of aryl methyl sites for hydroxylation is 1. The van der Waals surface area contributed by atoms with Gasteiger partial charge in [-0.15, -0.1) is 0 Å². The summed E-state index contributed by atoms with van der Waals surface area (Å²) in [6.07, 6.45) is 0.878. The molecule has 2 aromatic rings. The smallest absolute Gasteiger partial charge is 0.252 e.